The van der Waals surface area contributed by atoms with E-state index in [1.165, 1.54) is 7.11 Å². The average Bonchev–Trinajstić information content (AvgIpc) is 1.61. The van der Waals surface area contributed by atoms with E-state index < -0.39 is 5.24 Å². The van der Waals surface area contributed by atoms with Gasteiger partial charge in [0.2, 0.25) is 0 Å². The Balaban J connectivity index is 0. The van der Waals surface area contributed by atoms with Crippen molar-refractivity contribution in [2.24, 2.45) is 5.16 Å². The smallest absolute Gasteiger partial charge is 0.266 e. The largest absolute Gasteiger partial charge is 0.399 e. The van der Waals surface area contributed by atoms with Crippen molar-refractivity contribution in [1.29, 1.82) is 0 Å². The zero-order valence-electron chi connectivity index (χ0n) is 4.13. The lowest BCUT2D eigenvalue weighted by Crippen LogP contribution is -1.84. The van der Waals surface area contributed by atoms with E-state index in [9.17, 15) is 4.79 Å². The number of nitrogens with zero attached hydrogens (tertiary/aromatic N) is 1. The summed E-state index contributed by atoms with van der Waals surface area (Å²) in [6.45, 7) is 0. The van der Waals surface area contributed by atoms with Gasteiger partial charge in [0.05, 0.1) is 0 Å². The molecule has 48 valence electrons. The Morgan fingerprint density at radius 1 is 1.88 bits per heavy atom. The van der Waals surface area contributed by atoms with Gasteiger partial charge >= 0.3 is 0 Å². The minimum Gasteiger partial charge on any atom is -0.399 e. The van der Waals surface area contributed by atoms with Crippen molar-refractivity contribution >= 4 is 35.5 Å². The van der Waals surface area contributed by atoms with Crippen LogP contribution >= 0.6 is 24.0 Å². The van der Waals surface area contributed by atoms with E-state index in [2.05, 4.69) is 9.99 Å². The molecule has 0 fully saturated rings. The highest BCUT2D eigenvalue weighted by Crippen LogP contribution is 1.72. The summed E-state index contributed by atoms with van der Waals surface area (Å²) in [7, 11) is 1.33. The van der Waals surface area contributed by atoms with Crippen LogP contribution in [0.15, 0.2) is 5.16 Å². The van der Waals surface area contributed by atoms with E-state index in [0.717, 1.165) is 6.21 Å². The van der Waals surface area contributed by atoms with Gasteiger partial charge in [0, 0.05) is 0 Å². The van der Waals surface area contributed by atoms with E-state index >= 15 is 0 Å². The van der Waals surface area contributed by atoms with Gasteiger partial charge in [0.25, 0.3) is 5.24 Å². The fourth-order valence-corrected chi connectivity index (χ4v) is 0.134. The highest BCUT2D eigenvalue weighted by atomic mass is 35.5. The molecule has 0 saturated carbocycles. The first-order valence-electron chi connectivity index (χ1n) is 1.53. The maximum Gasteiger partial charge on any atom is 0.266 e. The molecule has 3 nitrogen and oxygen atoms in total. The molecule has 0 aliphatic rings. The lowest BCUT2D eigenvalue weighted by Gasteiger charge is -1.77. The van der Waals surface area contributed by atoms with Crippen LogP contribution in [0, 0.1) is 0 Å². The van der Waals surface area contributed by atoms with Gasteiger partial charge in [-0.15, -0.1) is 12.4 Å². The molecule has 0 heterocycles. The Kier molecular flexibility index (Phi) is 8.95. The van der Waals surface area contributed by atoms with Gasteiger partial charge in [-0.05, 0) is 11.6 Å². The first-order chi connectivity index (χ1) is 3.27. The second-order valence-corrected chi connectivity index (χ2v) is 1.09. The van der Waals surface area contributed by atoms with Crippen LogP contribution < -0.4 is 0 Å². The first-order valence-corrected chi connectivity index (χ1v) is 1.91. The predicted octanol–water partition coefficient (Wildman–Crippen LogP) is 0.806. The molecule has 0 aromatic carbocycles. The van der Waals surface area contributed by atoms with Gasteiger partial charge in [-0.25, -0.2) is 0 Å². The van der Waals surface area contributed by atoms with Gasteiger partial charge in [-0.2, -0.15) is 0 Å². The zero-order chi connectivity index (χ0) is 5.70. The summed E-state index contributed by atoms with van der Waals surface area (Å²) in [6.07, 6.45) is 0.877. The molecule has 0 unspecified atom stereocenters. The Bertz CT molecular complexity index is 93.3. The number of halogens is 2. The molecule has 0 spiro atoms. The van der Waals surface area contributed by atoms with E-state index in [0.29, 0.717) is 0 Å². The van der Waals surface area contributed by atoms with E-state index in [4.69, 9.17) is 11.6 Å². The number of carbonyl (C=O) groups is 1. The third-order valence-corrected chi connectivity index (χ3v) is 0.357. The summed E-state index contributed by atoms with van der Waals surface area (Å²) in [5.74, 6) is 0. The van der Waals surface area contributed by atoms with Crippen molar-refractivity contribution in [3.05, 3.63) is 0 Å². The van der Waals surface area contributed by atoms with Crippen LogP contribution in [0.3, 0.4) is 0 Å². The van der Waals surface area contributed by atoms with Crippen molar-refractivity contribution in [3.8, 4) is 0 Å². The lowest BCUT2D eigenvalue weighted by molar-refractivity contribution is -0.106. The molecule has 0 aromatic heterocycles. The van der Waals surface area contributed by atoms with Crippen molar-refractivity contribution in [2.45, 2.75) is 0 Å². The van der Waals surface area contributed by atoms with Gasteiger partial charge in [0.1, 0.15) is 13.3 Å². The Labute approximate surface area is 58.0 Å². The molecule has 0 aliphatic heterocycles. The van der Waals surface area contributed by atoms with E-state index in [-0.39, 0.29) is 12.4 Å². The second-order valence-electron chi connectivity index (χ2n) is 0.721. The number of hydrogen-bond donors (Lipinski definition) is 0. The molecule has 0 aliphatic carbocycles. The van der Waals surface area contributed by atoms with Crippen molar-refractivity contribution in [1.82, 2.24) is 0 Å². The zero-order valence-corrected chi connectivity index (χ0v) is 5.70. The van der Waals surface area contributed by atoms with Crippen LogP contribution in [0.25, 0.3) is 0 Å². The molecular formula is C3H5Cl2NO2. The number of hydrogen-bond acceptors (Lipinski definition) is 3. The maximum absolute atomic E-state index is 9.74. The highest BCUT2D eigenvalue weighted by Gasteiger charge is 1.82. The summed E-state index contributed by atoms with van der Waals surface area (Å²) in [6, 6.07) is 0. The molecule has 0 rings (SSSR count). The normalized spacial score (nSPS) is 8.25. The molecule has 0 N–H and O–H groups in total. The summed E-state index contributed by atoms with van der Waals surface area (Å²) in [4.78, 5) is 13.9. The minimum atomic E-state index is -0.637. The lowest BCUT2D eigenvalue weighted by atomic mass is 10.9. The minimum absolute atomic E-state index is 0. The van der Waals surface area contributed by atoms with Gasteiger partial charge in [-0.1, -0.05) is 5.16 Å². The average molecular weight is 158 g/mol. The first kappa shape index (κ1) is 10.7. The highest BCUT2D eigenvalue weighted by molar-refractivity contribution is 6.77. The summed E-state index contributed by atoms with van der Waals surface area (Å²) >= 11 is 4.79. The number of rotatable bonds is 2. The number of carbonyl (C=O) groups excluding carboxylic acids is 1. The Morgan fingerprint density at radius 2 is 2.38 bits per heavy atom. The summed E-state index contributed by atoms with van der Waals surface area (Å²) in [5.41, 5.74) is 0. The van der Waals surface area contributed by atoms with Crippen LogP contribution in [0.2, 0.25) is 0 Å². The van der Waals surface area contributed by atoms with Crippen molar-refractivity contribution in [3.63, 3.8) is 0 Å². The fourth-order valence-electron chi connectivity index (χ4n) is 0.0941. The fraction of sp³-hybridized carbons (Fsp3) is 0.333. The summed E-state index contributed by atoms with van der Waals surface area (Å²) < 4.78 is 0. The van der Waals surface area contributed by atoms with Gasteiger partial charge in [-0.3, -0.25) is 4.79 Å². The van der Waals surface area contributed by atoms with E-state index in [1.54, 1.807) is 0 Å². The quantitative estimate of drug-likeness (QED) is 0.338. The second kappa shape index (κ2) is 6.72. The van der Waals surface area contributed by atoms with Crippen LogP contribution in [0.4, 0.5) is 0 Å². The van der Waals surface area contributed by atoms with E-state index in [1.807, 2.05) is 0 Å². The molecule has 0 saturated heterocycles. The van der Waals surface area contributed by atoms with Crippen molar-refractivity contribution < 1.29 is 9.63 Å². The summed E-state index contributed by atoms with van der Waals surface area (Å²) in [5, 5.41) is 2.43. The van der Waals surface area contributed by atoms with Crippen LogP contribution in [-0.4, -0.2) is 18.6 Å². The predicted molar refractivity (Wildman–Crippen MR) is 33.6 cm³/mol. The third-order valence-electron chi connectivity index (χ3n) is 0.260. The molecule has 0 bridgehead atoms. The van der Waals surface area contributed by atoms with Gasteiger partial charge < -0.3 is 4.84 Å². The topological polar surface area (TPSA) is 38.7 Å². The molecule has 0 aromatic rings. The molecule has 5 heteroatoms. The molecular weight excluding hydrogens is 153 g/mol. The molecule has 0 amide bonds. The Hall–Kier alpha value is -0.280. The third kappa shape index (κ3) is 9.21. The molecule has 0 atom stereocenters. The molecule has 0 radical (unpaired) electrons. The molecule has 8 heavy (non-hydrogen) atoms. The maximum atomic E-state index is 9.74. The Morgan fingerprint density at radius 3 is 2.50 bits per heavy atom. The number of oxime groups is 1. The monoisotopic (exact) mass is 157 g/mol. The van der Waals surface area contributed by atoms with Crippen LogP contribution in [0.5, 0.6) is 0 Å². The van der Waals surface area contributed by atoms with Gasteiger partial charge in [0.15, 0.2) is 0 Å². The van der Waals surface area contributed by atoms with Crippen molar-refractivity contribution in [2.75, 3.05) is 7.11 Å². The van der Waals surface area contributed by atoms with Crippen LogP contribution in [-0.2, 0) is 9.63 Å². The standard InChI is InChI=1S/C3H4ClNO2.ClH/c1-7-5-2-3(4)6;/h2H,1H3;1H. The SMILES string of the molecule is CON=CC(=O)Cl.Cl. The van der Waals surface area contributed by atoms with Crippen LogP contribution in [0.1, 0.15) is 0 Å².